The molecule has 0 aliphatic rings. The molecule has 0 rings (SSSR count). The summed E-state index contributed by atoms with van der Waals surface area (Å²) in [5.41, 5.74) is 0.00254. The van der Waals surface area contributed by atoms with Crippen LogP contribution >= 0.6 is 0 Å². The summed E-state index contributed by atoms with van der Waals surface area (Å²) in [5, 5.41) is 0. The molecule has 0 spiro atoms. The lowest BCUT2D eigenvalue weighted by Gasteiger charge is -2.36. The molecule has 0 amide bonds. The topological polar surface area (TPSA) is 72.9 Å². The normalized spacial score (nSPS) is 13.8. The van der Waals surface area contributed by atoms with E-state index in [4.69, 9.17) is 9.47 Å². The molecule has 0 aromatic rings. The average molecular weight is 780 g/mol. The third-order valence-corrected chi connectivity index (χ3v) is 10.7. The van der Waals surface area contributed by atoms with Gasteiger partial charge in [-0.25, -0.2) is 0 Å². The van der Waals surface area contributed by atoms with E-state index in [0.717, 1.165) is 114 Å². The minimum atomic E-state index is -0.120. The smallest absolute Gasteiger partial charge is 0.306 e. The van der Waals surface area contributed by atoms with Gasteiger partial charge in [0.25, 0.3) is 0 Å². The number of hydrogen-bond acceptors (Lipinski definition) is 6. The van der Waals surface area contributed by atoms with E-state index in [1.807, 2.05) is 0 Å². The first-order valence-electron chi connectivity index (χ1n) is 23.2. The number of Topliss-reactive ketones (excluding diaryl/α,β-unsaturated/α-hetero) is 1. The van der Waals surface area contributed by atoms with Crippen LogP contribution in [-0.4, -0.2) is 56.0 Å². The molecular formula is C49H97NO5. The number of nitrogens with zero attached hydrogens (tertiary/aromatic N) is 1. The highest BCUT2D eigenvalue weighted by molar-refractivity contribution is 5.75. The maximum atomic E-state index is 13.1. The lowest BCUT2D eigenvalue weighted by molar-refractivity contribution is -0.152. The fourth-order valence-corrected chi connectivity index (χ4v) is 8.06. The van der Waals surface area contributed by atoms with Gasteiger partial charge in [0, 0.05) is 19.4 Å². The third-order valence-electron chi connectivity index (χ3n) is 10.7. The fourth-order valence-electron chi connectivity index (χ4n) is 8.06. The van der Waals surface area contributed by atoms with Gasteiger partial charge >= 0.3 is 11.9 Å². The number of ether oxygens (including phenoxy) is 2. The molecule has 0 bridgehead atoms. The molecule has 0 aromatic heterocycles. The third kappa shape index (κ3) is 40.6. The quantitative estimate of drug-likeness (QED) is 0.0478. The SMILES string of the molecule is CC(=O)CCCCCCCC(CCCCCCCC(=O)OCCC(C)CCC(C)C)OC(=O)CC(C)(C)CC(C)(C)CN(C)C.CCCC(C)CCC(C)C. The van der Waals surface area contributed by atoms with Crippen molar-refractivity contribution in [1.29, 1.82) is 0 Å². The minimum Gasteiger partial charge on any atom is -0.466 e. The monoisotopic (exact) mass is 780 g/mol. The van der Waals surface area contributed by atoms with Crippen LogP contribution in [0.1, 0.15) is 231 Å². The fraction of sp³-hybridized carbons (Fsp3) is 0.939. The molecule has 0 saturated carbocycles. The van der Waals surface area contributed by atoms with E-state index in [1.165, 1.54) is 38.5 Å². The number of rotatable bonds is 34. The first-order chi connectivity index (χ1) is 25.7. The second-order valence-electron chi connectivity index (χ2n) is 20.3. The predicted molar refractivity (Wildman–Crippen MR) is 238 cm³/mol. The molecule has 6 heteroatoms. The highest BCUT2D eigenvalue weighted by Gasteiger charge is 2.32. The molecule has 0 aliphatic heterocycles. The Hall–Kier alpha value is -1.43. The lowest BCUT2D eigenvalue weighted by atomic mass is 9.73. The Morgan fingerprint density at radius 3 is 1.51 bits per heavy atom. The number of unbranched alkanes of at least 4 members (excludes halogenated alkanes) is 8. The molecular weight excluding hydrogens is 683 g/mol. The molecule has 0 radical (unpaired) electrons. The Bertz CT molecular complexity index is 940. The molecule has 3 unspecified atom stereocenters. The molecule has 6 nitrogen and oxygen atoms in total. The molecule has 0 saturated heterocycles. The van der Waals surface area contributed by atoms with Crippen LogP contribution in [0.3, 0.4) is 0 Å². The van der Waals surface area contributed by atoms with Crippen molar-refractivity contribution in [1.82, 2.24) is 4.90 Å². The number of hydrogen-bond donors (Lipinski definition) is 0. The van der Waals surface area contributed by atoms with E-state index in [-0.39, 0.29) is 34.7 Å². The van der Waals surface area contributed by atoms with Crippen LogP contribution in [-0.2, 0) is 23.9 Å². The van der Waals surface area contributed by atoms with Crippen LogP contribution in [0, 0.1) is 34.5 Å². The van der Waals surface area contributed by atoms with Gasteiger partial charge < -0.3 is 19.2 Å². The van der Waals surface area contributed by atoms with Crippen molar-refractivity contribution in [2.45, 2.75) is 237 Å². The Balaban J connectivity index is 0. The molecule has 0 aliphatic carbocycles. The molecule has 3 atom stereocenters. The van der Waals surface area contributed by atoms with Crippen molar-refractivity contribution in [3.8, 4) is 0 Å². The maximum absolute atomic E-state index is 13.1. The van der Waals surface area contributed by atoms with Gasteiger partial charge in [-0.3, -0.25) is 9.59 Å². The van der Waals surface area contributed by atoms with Gasteiger partial charge in [0.05, 0.1) is 13.0 Å². The van der Waals surface area contributed by atoms with Crippen LogP contribution in [0.25, 0.3) is 0 Å². The zero-order valence-electron chi connectivity index (χ0n) is 39.6. The summed E-state index contributed by atoms with van der Waals surface area (Å²) in [6.07, 6.45) is 23.8. The largest absolute Gasteiger partial charge is 0.466 e. The van der Waals surface area contributed by atoms with Crippen LogP contribution in [0.4, 0.5) is 0 Å². The van der Waals surface area contributed by atoms with Crippen molar-refractivity contribution < 1.29 is 23.9 Å². The van der Waals surface area contributed by atoms with Crippen LogP contribution in [0.2, 0.25) is 0 Å². The number of ketones is 1. The van der Waals surface area contributed by atoms with E-state index >= 15 is 0 Å². The highest BCUT2D eigenvalue weighted by Crippen LogP contribution is 2.37. The summed E-state index contributed by atoms with van der Waals surface area (Å²) in [6.45, 7) is 28.1. The zero-order valence-corrected chi connectivity index (χ0v) is 39.6. The van der Waals surface area contributed by atoms with Gasteiger partial charge in [-0.1, -0.05) is 153 Å². The van der Waals surface area contributed by atoms with Gasteiger partial charge in [-0.05, 0) is 107 Å². The zero-order chi connectivity index (χ0) is 42.3. The molecule has 0 fully saturated rings. The van der Waals surface area contributed by atoms with Gasteiger partial charge in [-0.2, -0.15) is 0 Å². The van der Waals surface area contributed by atoms with Crippen LogP contribution in [0.15, 0.2) is 0 Å². The van der Waals surface area contributed by atoms with Crippen molar-refractivity contribution >= 4 is 17.7 Å². The Labute approximate surface area is 344 Å². The molecule has 328 valence electrons. The van der Waals surface area contributed by atoms with Gasteiger partial charge in [0.1, 0.15) is 11.9 Å². The number of carbonyl (C=O) groups excluding carboxylic acids is 3. The first-order valence-corrected chi connectivity index (χ1v) is 23.2. The van der Waals surface area contributed by atoms with Crippen molar-refractivity contribution in [3.63, 3.8) is 0 Å². The first kappa shape index (κ1) is 55.7. The van der Waals surface area contributed by atoms with E-state index in [0.29, 0.717) is 31.8 Å². The Morgan fingerprint density at radius 2 is 1.04 bits per heavy atom. The maximum Gasteiger partial charge on any atom is 0.306 e. The summed E-state index contributed by atoms with van der Waals surface area (Å²) in [7, 11) is 4.20. The Kier molecular flexibility index (Phi) is 33.9. The minimum absolute atomic E-state index is 0.0294. The van der Waals surface area contributed by atoms with Crippen molar-refractivity contribution in [2.24, 2.45) is 34.5 Å². The second-order valence-corrected chi connectivity index (χ2v) is 20.3. The summed E-state index contributed by atoms with van der Waals surface area (Å²) >= 11 is 0. The number of carbonyl (C=O) groups is 3. The summed E-state index contributed by atoms with van der Waals surface area (Å²) in [5.74, 6) is 3.31. The summed E-state index contributed by atoms with van der Waals surface area (Å²) < 4.78 is 11.6. The molecule has 0 N–H and O–H groups in total. The van der Waals surface area contributed by atoms with Crippen LogP contribution in [0.5, 0.6) is 0 Å². The lowest BCUT2D eigenvalue weighted by Crippen LogP contribution is -2.34. The van der Waals surface area contributed by atoms with Gasteiger partial charge in [0.2, 0.25) is 0 Å². The van der Waals surface area contributed by atoms with E-state index < -0.39 is 0 Å². The van der Waals surface area contributed by atoms with Crippen LogP contribution < -0.4 is 0 Å². The Morgan fingerprint density at radius 1 is 0.564 bits per heavy atom. The predicted octanol–water partition coefficient (Wildman–Crippen LogP) is 14.2. The molecule has 55 heavy (non-hydrogen) atoms. The summed E-state index contributed by atoms with van der Waals surface area (Å²) in [6, 6.07) is 0. The van der Waals surface area contributed by atoms with E-state index in [1.54, 1.807) is 6.92 Å². The van der Waals surface area contributed by atoms with E-state index in [2.05, 4.69) is 95.2 Å². The van der Waals surface area contributed by atoms with Crippen molar-refractivity contribution in [2.75, 3.05) is 27.2 Å². The average Bonchev–Trinajstić information content (AvgIpc) is 3.04. The second kappa shape index (κ2) is 33.5. The molecule has 0 heterocycles. The van der Waals surface area contributed by atoms with Gasteiger partial charge in [0.15, 0.2) is 0 Å². The van der Waals surface area contributed by atoms with E-state index in [9.17, 15) is 14.4 Å². The summed E-state index contributed by atoms with van der Waals surface area (Å²) in [4.78, 5) is 38.6. The highest BCUT2D eigenvalue weighted by atomic mass is 16.5. The standard InChI is InChI=1S/C39H75NO5.C10H22/c1-32(2)25-26-33(3)27-28-44-36(42)24-20-16-12-15-19-23-35(22-18-14-11-13-17-21-34(4)41)45-37(43)29-38(5,6)30-39(7,8)31-40(9)10;1-5-6-10(4)8-7-9(2)3/h32-33,35H,11-31H2,1-10H3;9-10H,5-8H2,1-4H3. The van der Waals surface area contributed by atoms with Gasteiger partial charge in [-0.15, -0.1) is 0 Å². The number of esters is 2. The van der Waals surface area contributed by atoms with Crippen molar-refractivity contribution in [3.05, 3.63) is 0 Å². The molecule has 0 aromatic carbocycles.